The molecule has 3 N–H and O–H groups in total. The Kier molecular flexibility index (Phi) is 3.67. The van der Waals surface area contributed by atoms with Crippen LogP contribution >= 0.6 is 0 Å². The van der Waals surface area contributed by atoms with Crippen molar-refractivity contribution >= 4 is 16.8 Å². The molecule has 0 saturated heterocycles. The van der Waals surface area contributed by atoms with Gasteiger partial charge >= 0.3 is 0 Å². The van der Waals surface area contributed by atoms with Gasteiger partial charge in [0.1, 0.15) is 0 Å². The van der Waals surface area contributed by atoms with Gasteiger partial charge in [0.05, 0.1) is 18.2 Å². The highest BCUT2D eigenvalue weighted by Crippen LogP contribution is 2.17. The largest absolute Gasteiger partial charge is 0.394 e. The molecule has 4 nitrogen and oxygen atoms in total. The van der Waals surface area contributed by atoms with E-state index in [2.05, 4.69) is 10.3 Å². The minimum absolute atomic E-state index is 0.0498. The monoisotopic (exact) mass is 246 g/mol. The summed E-state index contributed by atoms with van der Waals surface area (Å²) in [5.41, 5.74) is 1.55. The molecule has 2 rings (SSSR count). The summed E-state index contributed by atoms with van der Waals surface area (Å²) in [6.45, 7) is 3.89. The first-order chi connectivity index (χ1) is 8.63. The molecule has 0 aliphatic rings. The quantitative estimate of drug-likeness (QED) is 0.771. The van der Waals surface area contributed by atoms with Crippen molar-refractivity contribution in [3.8, 4) is 0 Å². The molecule has 1 atom stereocenters. The standard InChI is InChI=1S/C14H18N2O2/c1-9(2)13(8-17)16-14(18)11-7-15-12-6-4-3-5-10(11)12/h3-7,9,13,15,17H,8H2,1-2H3,(H,16,18)/t13-/m1/s1. The number of hydrogen-bond donors (Lipinski definition) is 3. The van der Waals surface area contributed by atoms with Crippen LogP contribution in [0.4, 0.5) is 0 Å². The summed E-state index contributed by atoms with van der Waals surface area (Å²) in [5.74, 6) is 0.0457. The average molecular weight is 246 g/mol. The molecule has 1 aromatic carbocycles. The third kappa shape index (κ3) is 2.38. The molecule has 4 heteroatoms. The van der Waals surface area contributed by atoms with Crippen molar-refractivity contribution in [2.24, 2.45) is 5.92 Å². The second-order valence-electron chi connectivity index (χ2n) is 4.75. The molecule has 1 heterocycles. The number of carbonyl (C=O) groups is 1. The maximum absolute atomic E-state index is 12.2. The van der Waals surface area contributed by atoms with Gasteiger partial charge in [0.15, 0.2) is 0 Å². The molecule has 96 valence electrons. The number of rotatable bonds is 4. The van der Waals surface area contributed by atoms with Gasteiger partial charge in [-0.05, 0) is 12.0 Å². The Balaban J connectivity index is 2.23. The zero-order valence-electron chi connectivity index (χ0n) is 10.6. The molecule has 0 bridgehead atoms. The van der Waals surface area contributed by atoms with Crippen LogP contribution in [-0.2, 0) is 0 Å². The van der Waals surface area contributed by atoms with E-state index >= 15 is 0 Å². The summed E-state index contributed by atoms with van der Waals surface area (Å²) >= 11 is 0. The van der Waals surface area contributed by atoms with E-state index in [-0.39, 0.29) is 24.5 Å². The van der Waals surface area contributed by atoms with E-state index in [1.807, 2.05) is 38.1 Å². The summed E-state index contributed by atoms with van der Waals surface area (Å²) in [6, 6.07) is 7.44. The molecule has 0 saturated carbocycles. The molecule has 0 fully saturated rings. The number of aromatic nitrogens is 1. The predicted molar refractivity (Wildman–Crippen MR) is 71.5 cm³/mol. The third-order valence-corrected chi connectivity index (χ3v) is 3.15. The van der Waals surface area contributed by atoms with Crippen molar-refractivity contribution in [2.75, 3.05) is 6.61 Å². The summed E-state index contributed by atoms with van der Waals surface area (Å²) in [4.78, 5) is 15.2. The van der Waals surface area contributed by atoms with Gasteiger partial charge in [0, 0.05) is 17.1 Å². The van der Waals surface area contributed by atoms with Crippen LogP contribution in [0.2, 0.25) is 0 Å². The first-order valence-electron chi connectivity index (χ1n) is 6.11. The van der Waals surface area contributed by atoms with E-state index in [1.54, 1.807) is 6.20 Å². The van der Waals surface area contributed by atoms with E-state index in [9.17, 15) is 9.90 Å². The molecule has 18 heavy (non-hydrogen) atoms. The maximum Gasteiger partial charge on any atom is 0.253 e. The molecule has 1 aromatic heterocycles. The van der Waals surface area contributed by atoms with Crippen molar-refractivity contribution in [2.45, 2.75) is 19.9 Å². The number of benzene rings is 1. The first-order valence-corrected chi connectivity index (χ1v) is 6.11. The van der Waals surface area contributed by atoms with Gasteiger partial charge in [-0.15, -0.1) is 0 Å². The molecule has 1 amide bonds. The lowest BCUT2D eigenvalue weighted by atomic mass is 10.0. The summed E-state index contributed by atoms with van der Waals surface area (Å²) in [7, 11) is 0. The summed E-state index contributed by atoms with van der Waals surface area (Å²) in [6.07, 6.45) is 1.70. The van der Waals surface area contributed by atoms with Gasteiger partial charge in [-0.25, -0.2) is 0 Å². The van der Waals surface area contributed by atoms with Crippen LogP contribution in [0.15, 0.2) is 30.5 Å². The number of aliphatic hydroxyl groups is 1. The van der Waals surface area contributed by atoms with Gasteiger partial charge < -0.3 is 15.4 Å². The number of para-hydroxylation sites is 1. The third-order valence-electron chi connectivity index (χ3n) is 3.15. The molecule has 0 unspecified atom stereocenters. The Bertz CT molecular complexity index is 545. The first kappa shape index (κ1) is 12.6. The zero-order chi connectivity index (χ0) is 13.1. The molecule has 0 spiro atoms. The number of aromatic amines is 1. The lowest BCUT2D eigenvalue weighted by molar-refractivity contribution is 0.0898. The lowest BCUT2D eigenvalue weighted by Gasteiger charge is -2.19. The Morgan fingerprint density at radius 1 is 1.39 bits per heavy atom. The highest BCUT2D eigenvalue weighted by Gasteiger charge is 2.18. The van der Waals surface area contributed by atoms with Crippen LogP contribution in [0.1, 0.15) is 24.2 Å². The van der Waals surface area contributed by atoms with Crippen molar-refractivity contribution in [1.82, 2.24) is 10.3 Å². The van der Waals surface area contributed by atoms with Crippen LogP contribution in [0.25, 0.3) is 10.9 Å². The van der Waals surface area contributed by atoms with Crippen molar-refractivity contribution in [1.29, 1.82) is 0 Å². The Hall–Kier alpha value is -1.81. The van der Waals surface area contributed by atoms with E-state index in [1.165, 1.54) is 0 Å². The highest BCUT2D eigenvalue weighted by atomic mass is 16.3. The fourth-order valence-electron chi connectivity index (χ4n) is 1.93. The Morgan fingerprint density at radius 2 is 2.11 bits per heavy atom. The fraction of sp³-hybridized carbons (Fsp3) is 0.357. The SMILES string of the molecule is CC(C)[C@@H](CO)NC(=O)c1c[nH]c2ccccc12. The molecular weight excluding hydrogens is 228 g/mol. The van der Waals surface area contributed by atoms with Crippen LogP contribution in [-0.4, -0.2) is 28.6 Å². The van der Waals surface area contributed by atoms with Crippen LogP contribution in [0, 0.1) is 5.92 Å². The summed E-state index contributed by atoms with van der Waals surface area (Å²) < 4.78 is 0. The topological polar surface area (TPSA) is 65.1 Å². The Labute approximate surface area is 106 Å². The Morgan fingerprint density at radius 3 is 2.78 bits per heavy atom. The molecule has 2 aromatic rings. The molecule has 0 aliphatic heterocycles. The van der Waals surface area contributed by atoms with Gasteiger partial charge in [0.2, 0.25) is 0 Å². The predicted octanol–water partition coefficient (Wildman–Crippen LogP) is 1.91. The van der Waals surface area contributed by atoms with E-state index in [0.29, 0.717) is 5.56 Å². The second kappa shape index (κ2) is 5.23. The van der Waals surface area contributed by atoms with Gasteiger partial charge in [-0.2, -0.15) is 0 Å². The number of carbonyl (C=O) groups excluding carboxylic acids is 1. The van der Waals surface area contributed by atoms with Gasteiger partial charge in [-0.3, -0.25) is 4.79 Å². The number of amides is 1. The highest BCUT2D eigenvalue weighted by molar-refractivity contribution is 6.06. The van der Waals surface area contributed by atoms with Crippen LogP contribution in [0.5, 0.6) is 0 Å². The number of nitrogens with one attached hydrogen (secondary N) is 2. The molecular formula is C14H18N2O2. The summed E-state index contributed by atoms with van der Waals surface area (Å²) in [5, 5.41) is 13.0. The fourth-order valence-corrected chi connectivity index (χ4v) is 1.93. The van der Waals surface area contributed by atoms with E-state index in [0.717, 1.165) is 10.9 Å². The van der Waals surface area contributed by atoms with Gasteiger partial charge in [0.25, 0.3) is 5.91 Å². The van der Waals surface area contributed by atoms with E-state index in [4.69, 9.17) is 0 Å². The van der Waals surface area contributed by atoms with Crippen molar-refractivity contribution in [3.05, 3.63) is 36.0 Å². The normalized spacial score (nSPS) is 12.9. The lowest BCUT2D eigenvalue weighted by Crippen LogP contribution is -2.41. The maximum atomic E-state index is 12.2. The molecule has 0 aliphatic carbocycles. The number of aliphatic hydroxyl groups excluding tert-OH is 1. The zero-order valence-corrected chi connectivity index (χ0v) is 10.6. The van der Waals surface area contributed by atoms with Crippen LogP contribution < -0.4 is 5.32 Å². The number of H-pyrrole nitrogens is 1. The average Bonchev–Trinajstić information content (AvgIpc) is 2.79. The number of hydrogen-bond acceptors (Lipinski definition) is 2. The second-order valence-corrected chi connectivity index (χ2v) is 4.75. The minimum atomic E-state index is -0.217. The molecule has 0 radical (unpaired) electrons. The van der Waals surface area contributed by atoms with Crippen molar-refractivity contribution in [3.63, 3.8) is 0 Å². The van der Waals surface area contributed by atoms with Crippen molar-refractivity contribution < 1.29 is 9.90 Å². The van der Waals surface area contributed by atoms with Crippen LogP contribution in [0.3, 0.4) is 0 Å². The van der Waals surface area contributed by atoms with Gasteiger partial charge in [-0.1, -0.05) is 32.0 Å². The van der Waals surface area contributed by atoms with E-state index < -0.39 is 0 Å². The minimum Gasteiger partial charge on any atom is -0.394 e. The number of fused-ring (bicyclic) bond motifs is 1. The smallest absolute Gasteiger partial charge is 0.253 e.